The van der Waals surface area contributed by atoms with E-state index in [9.17, 15) is 14.4 Å². The van der Waals surface area contributed by atoms with Gasteiger partial charge in [-0.1, -0.05) is 50.2 Å². The Morgan fingerprint density at radius 1 is 1.03 bits per heavy atom. The Bertz CT molecular complexity index is 1360. The predicted octanol–water partition coefficient (Wildman–Crippen LogP) is 4.17. The van der Waals surface area contributed by atoms with Crippen molar-refractivity contribution in [1.82, 2.24) is 15.1 Å². The van der Waals surface area contributed by atoms with Gasteiger partial charge in [0.2, 0.25) is 11.8 Å². The maximum absolute atomic E-state index is 14.4. The Labute approximate surface area is 228 Å². The average Bonchev–Trinajstić information content (AvgIpc) is 3.59. The number of carbonyl (C=O) groups is 3. The lowest BCUT2D eigenvalue weighted by molar-refractivity contribution is -0.138. The van der Waals surface area contributed by atoms with Gasteiger partial charge in [0.1, 0.15) is 5.54 Å². The maximum atomic E-state index is 14.4. The third-order valence-corrected chi connectivity index (χ3v) is 8.46. The Morgan fingerprint density at radius 2 is 1.74 bits per heavy atom. The van der Waals surface area contributed by atoms with Crippen LogP contribution in [-0.2, 0) is 9.59 Å². The van der Waals surface area contributed by atoms with Crippen molar-refractivity contribution in [2.24, 2.45) is 5.92 Å². The van der Waals surface area contributed by atoms with Crippen molar-refractivity contribution in [2.75, 3.05) is 31.2 Å². The van der Waals surface area contributed by atoms with Crippen molar-refractivity contribution in [1.29, 1.82) is 0 Å². The zero-order chi connectivity index (χ0) is 27.1. The molecule has 2 saturated heterocycles. The summed E-state index contributed by atoms with van der Waals surface area (Å²) in [5.74, 6) is -0.398. The second-order valence-corrected chi connectivity index (χ2v) is 11.2. The molecule has 6 rings (SSSR count). The quantitative estimate of drug-likeness (QED) is 0.539. The number of rotatable bonds is 5. The highest BCUT2D eigenvalue weighted by Gasteiger charge is 2.52. The molecule has 8 nitrogen and oxygen atoms in total. The molecule has 0 unspecified atom stereocenters. The molecule has 3 aliphatic heterocycles. The number of benzene rings is 2. The number of anilines is 1. The number of nitrogens with one attached hydrogen (secondary N) is 1. The van der Waals surface area contributed by atoms with Crippen LogP contribution in [0.5, 0.6) is 0 Å². The number of piperidine rings is 1. The number of fused-ring (bicyclic) bond motifs is 1. The molecule has 1 aromatic heterocycles. The number of likely N-dealkylation sites (tertiary alicyclic amines) is 1. The molecule has 0 saturated carbocycles. The SMILES string of the molecule is CC(C)CN1C(=O)c2ccccc2[C@H](C(=O)N2CCC3(CC2)C(=O)NCN3c2ccccc2)[C@@H]1c1ccoc1. The highest BCUT2D eigenvalue weighted by atomic mass is 16.3. The molecule has 2 fully saturated rings. The van der Waals surface area contributed by atoms with Crippen LogP contribution in [0, 0.1) is 5.92 Å². The standard InChI is InChI=1S/C31H34N4O4/c1-21(2)18-34-27(22-12-17-39-19-22)26(24-10-6-7-11-25(24)28(34)36)29(37)33-15-13-31(14-16-33)30(38)32-20-35(31)23-8-4-3-5-9-23/h3-12,17,19,21,26-27H,13-16,18,20H2,1-2H3,(H,32,38)/t26-,27-/m0/s1. The summed E-state index contributed by atoms with van der Waals surface area (Å²) in [6.07, 6.45) is 4.32. The van der Waals surface area contributed by atoms with Crippen molar-refractivity contribution in [3.8, 4) is 0 Å². The second kappa shape index (κ2) is 9.91. The number of carbonyl (C=O) groups excluding carboxylic acids is 3. The first-order valence-corrected chi connectivity index (χ1v) is 13.7. The molecule has 1 N–H and O–H groups in total. The fourth-order valence-electron chi connectivity index (χ4n) is 6.59. The fraction of sp³-hybridized carbons (Fsp3) is 0.387. The van der Waals surface area contributed by atoms with E-state index in [1.54, 1.807) is 12.5 Å². The van der Waals surface area contributed by atoms with Gasteiger partial charge < -0.3 is 24.4 Å². The normalized spacial score (nSPS) is 22.4. The van der Waals surface area contributed by atoms with Gasteiger partial charge in [-0.25, -0.2) is 0 Å². The van der Waals surface area contributed by atoms with E-state index in [2.05, 4.69) is 24.1 Å². The lowest BCUT2D eigenvalue weighted by Gasteiger charge is -2.46. The molecule has 3 aliphatic rings. The van der Waals surface area contributed by atoms with E-state index in [4.69, 9.17) is 4.42 Å². The minimum Gasteiger partial charge on any atom is -0.472 e. The predicted molar refractivity (Wildman–Crippen MR) is 147 cm³/mol. The topological polar surface area (TPSA) is 86.1 Å². The van der Waals surface area contributed by atoms with Crippen LogP contribution in [0.25, 0.3) is 0 Å². The van der Waals surface area contributed by atoms with Crippen LogP contribution in [0.3, 0.4) is 0 Å². The highest BCUT2D eigenvalue weighted by molar-refractivity contribution is 6.01. The monoisotopic (exact) mass is 526 g/mol. The average molecular weight is 527 g/mol. The van der Waals surface area contributed by atoms with E-state index in [0.29, 0.717) is 44.7 Å². The summed E-state index contributed by atoms with van der Waals surface area (Å²) in [6, 6.07) is 18.8. The third-order valence-electron chi connectivity index (χ3n) is 8.46. The Morgan fingerprint density at radius 3 is 2.44 bits per heavy atom. The molecule has 0 aliphatic carbocycles. The number of para-hydroxylation sites is 1. The third kappa shape index (κ3) is 4.18. The van der Waals surface area contributed by atoms with E-state index in [-0.39, 0.29) is 23.6 Å². The molecule has 0 bridgehead atoms. The van der Waals surface area contributed by atoms with E-state index in [0.717, 1.165) is 16.8 Å². The van der Waals surface area contributed by atoms with E-state index in [1.807, 2.05) is 70.5 Å². The Hall–Kier alpha value is -4.07. The smallest absolute Gasteiger partial charge is 0.254 e. The molecule has 2 aromatic carbocycles. The van der Waals surface area contributed by atoms with Gasteiger partial charge in [-0.2, -0.15) is 0 Å². The first-order valence-electron chi connectivity index (χ1n) is 13.7. The van der Waals surface area contributed by atoms with Gasteiger partial charge in [-0.05, 0) is 48.6 Å². The molecule has 8 heteroatoms. The van der Waals surface area contributed by atoms with E-state index < -0.39 is 17.5 Å². The summed E-state index contributed by atoms with van der Waals surface area (Å²) in [4.78, 5) is 47.2. The van der Waals surface area contributed by atoms with Gasteiger partial charge in [-0.3, -0.25) is 14.4 Å². The first kappa shape index (κ1) is 25.2. The van der Waals surface area contributed by atoms with Crippen molar-refractivity contribution in [3.63, 3.8) is 0 Å². The maximum Gasteiger partial charge on any atom is 0.254 e. The molecule has 0 radical (unpaired) electrons. The molecule has 3 amide bonds. The number of amides is 3. The highest BCUT2D eigenvalue weighted by Crippen LogP contribution is 2.45. The van der Waals surface area contributed by atoms with E-state index in [1.165, 1.54) is 0 Å². The summed E-state index contributed by atoms with van der Waals surface area (Å²) in [5.41, 5.74) is 2.47. The fourth-order valence-corrected chi connectivity index (χ4v) is 6.59. The molecular formula is C31H34N4O4. The van der Waals surface area contributed by atoms with Gasteiger partial charge in [-0.15, -0.1) is 0 Å². The van der Waals surface area contributed by atoms with Crippen molar-refractivity contribution in [3.05, 3.63) is 89.9 Å². The minimum atomic E-state index is -0.674. The molecule has 202 valence electrons. The molecule has 3 aromatic rings. The summed E-state index contributed by atoms with van der Waals surface area (Å²) in [6.45, 7) is 6.07. The Kier molecular flexibility index (Phi) is 6.41. The summed E-state index contributed by atoms with van der Waals surface area (Å²) < 4.78 is 5.43. The second-order valence-electron chi connectivity index (χ2n) is 11.2. The summed E-state index contributed by atoms with van der Waals surface area (Å²) in [5, 5.41) is 3.03. The zero-order valence-corrected chi connectivity index (χ0v) is 22.4. The van der Waals surface area contributed by atoms with Crippen LogP contribution < -0.4 is 10.2 Å². The zero-order valence-electron chi connectivity index (χ0n) is 22.4. The molecule has 1 spiro atoms. The van der Waals surface area contributed by atoms with Gasteiger partial charge >= 0.3 is 0 Å². The molecule has 2 atom stereocenters. The lowest BCUT2D eigenvalue weighted by Crippen LogP contribution is -2.58. The van der Waals surface area contributed by atoms with Crippen molar-refractivity contribution >= 4 is 23.4 Å². The van der Waals surface area contributed by atoms with Crippen LogP contribution in [0.1, 0.15) is 60.1 Å². The number of nitrogens with zero attached hydrogens (tertiary/aromatic N) is 3. The molecular weight excluding hydrogens is 492 g/mol. The Balaban J connectivity index is 1.33. The van der Waals surface area contributed by atoms with Crippen LogP contribution in [0.2, 0.25) is 0 Å². The van der Waals surface area contributed by atoms with Crippen LogP contribution in [0.15, 0.2) is 77.6 Å². The minimum absolute atomic E-state index is 0.0191. The van der Waals surface area contributed by atoms with Gasteiger partial charge in [0.25, 0.3) is 5.91 Å². The number of hydrogen-bond acceptors (Lipinski definition) is 5. The van der Waals surface area contributed by atoms with Gasteiger partial charge in [0, 0.05) is 36.4 Å². The van der Waals surface area contributed by atoms with Crippen molar-refractivity contribution in [2.45, 2.75) is 44.2 Å². The van der Waals surface area contributed by atoms with E-state index >= 15 is 0 Å². The van der Waals surface area contributed by atoms with Gasteiger partial charge in [0.15, 0.2) is 0 Å². The number of furan rings is 1. The molecule has 4 heterocycles. The first-order chi connectivity index (χ1) is 18.9. The number of hydrogen-bond donors (Lipinski definition) is 1. The van der Waals surface area contributed by atoms with Crippen LogP contribution in [-0.4, -0.2) is 59.4 Å². The molecule has 39 heavy (non-hydrogen) atoms. The largest absolute Gasteiger partial charge is 0.472 e. The van der Waals surface area contributed by atoms with Gasteiger partial charge in [0.05, 0.1) is 31.2 Å². The van der Waals surface area contributed by atoms with Crippen LogP contribution in [0.4, 0.5) is 5.69 Å². The van der Waals surface area contributed by atoms with Crippen LogP contribution >= 0.6 is 0 Å². The van der Waals surface area contributed by atoms with Crippen molar-refractivity contribution < 1.29 is 18.8 Å². The summed E-state index contributed by atoms with van der Waals surface area (Å²) >= 11 is 0. The lowest BCUT2D eigenvalue weighted by atomic mass is 9.78. The summed E-state index contributed by atoms with van der Waals surface area (Å²) in [7, 11) is 0.